The number of rotatable bonds is 3. The molecule has 9 heavy (non-hydrogen) atoms. The third kappa shape index (κ3) is 11.4. The van der Waals surface area contributed by atoms with E-state index in [4.69, 9.17) is 5.73 Å². The van der Waals surface area contributed by atoms with Gasteiger partial charge in [-0.3, -0.25) is 4.90 Å². The summed E-state index contributed by atoms with van der Waals surface area (Å²) in [6.45, 7) is 4.76. The van der Waals surface area contributed by atoms with E-state index in [1.165, 1.54) is 4.90 Å². The van der Waals surface area contributed by atoms with Gasteiger partial charge in [0, 0.05) is 13.1 Å². The van der Waals surface area contributed by atoms with E-state index in [-0.39, 0.29) is 0 Å². The van der Waals surface area contributed by atoms with Crippen LogP contribution in [0.3, 0.4) is 0 Å². The van der Waals surface area contributed by atoms with Crippen molar-refractivity contribution < 1.29 is 4.39 Å². The monoisotopic (exact) mass is 136 g/mol. The molecule has 0 aliphatic rings. The first-order chi connectivity index (χ1) is 4.31. The van der Waals surface area contributed by atoms with Crippen molar-refractivity contribution in [1.29, 1.82) is 0 Å². The molecule has 0 spiro atoms. The summed E-state index contributed by atoms with van der Waals surface area (Å²) < 4.78 is 11.4. The van der Waals surface area contributed by atoms with Crippen molar-refractivity contribution in [2.24, 2.45) is 5.73 Å². The van der Waals surface area contributed by atoms with Crippen molar-refractivity contribution in [1.82, 2.24) is 4.90 Å². The summed E-state index contributed by atoms with van der Waals surface area (Å²) >= 11 is 0. The zero-order chi connectivity index (χ0) is 7.70. The zero-order valence-electron chi connectivity index (χ0n) is 6.52. The maximum absolute atomic E-state index is 11.4. The molecule has 0 aliphatic heterocycles. The number of nitrogens with zero attached hydrogens (tertiary/aromatic N) is 1. The summed E-state index contributed by atoms with van der Waals surface area (Å²) in [6, 6.07) is 0. The summed E-state index contributed by atoms with van der Waals surface area (Å²) in [5.41, 5.74) is 5.10. The quantitative estimate of drug-likeness (QED) is 0.582. The first kappa shape index (κ1) is 11.6. The van der Waals surface area contributed by atoms with Crippen LogP contribution in [0.25, 0.3) is 0 Å². The molecular formula is C6H17FN2. The highest BCUT2D eigenvalue weighted by atomic mass is 19.1. The van der Waals surface area contributed by atoms with E-state index in [0.717, 1.165) is 0 Å². The highest BCUT2D eigenvalue weighted by molar-refractivity contribution is 4.41. The maximum atomic E-state index is 11.4. The number of hydrogen-bond donors (Lipinski definition) is 1. The van der Waals surface area contributed by atoms with Crippen molar-refractivity contribution in [3.8, 4) is 0 Å². The fourth-order valence-electron chi connectivity index (χ4n) is 0.280. The second-order valence-corrected chi connectivity index (χ2v) is 1.49. The van der Waals surface area contributed by atoms with E-state index in [2.05, 4.69) is 0 Å². The standard InChI is InChI=1S/C4H11FN2.C2H6/c1-7(4-5)3-2-6;1-2/h2-4,6H2,1H3;1-2H3. The van der Waals surface area contributed by atoms with Crippen molar-refractivity contribution in [2.75, 3.05) is 26.9 Å². The van der Waals surface area contributed by atoms with Gasteiger partial charge in [0.15, 0.2) is 0 Å². The normalized spacial score (nSPS) is 8.67. The third-order valence-electron chi connectivity index (χ3n) is 0.715. The molecule has 3 heteroatoms. The first-order valence-electron chi connectivity index (χ1n) is 3.26. The lowest BCUT2D eigenvalue weighted by atomic mass is 10.6. The molecule has 0 heterocycles. The van der Waals surface area contributed by atoms with E-state index in [0.29, 0.717) is 13.1 Å². The van der Waals surface area contributed by atoms with Gasteiger partial charge in [0.05, 0.1) is 0 Å². The van der Waals surface area contributed by atoms with E-state index >= 15 is 0 Å². The molecule has 0 fully saturated rings. The minimum Gasteiger partial charge on any atom is -0.329 e. The Bertz CT molecular complexity index is 42.0. The summed E-state index contributed by atoms with van der Waals surface area (Å²) in [5, 5.41) is 0. The smallest absolute Gasteiger partial charge is 0.142 e. The van der Waals surface area contributed by atoms with Crippen molar-refractivity contribution >= 4 is 0 Å². The van der Waals surface area contributed by atoms with Gasteiger partial charge in [-0.2, -0.15) is 0 Å². The Balaban J connectivity index is 0. The number of halogens is 1. The molecule has 0 aliphatic carbocycles. The van der Waals surface area contributed by atoms with Gasteiger partial charge in [-0.05, 0) is 7.05 Å². The topological polar surface area (TPSA) is 29.3 Å². The SMILES string of the molecule is CC.CN(CF)CCN. The number of nitrogens with two attached hydrogens (primary N) is 1. The Morgan fingerprint density at radius 2 is 1.89 bits per heavy atom. The summed E-state index contributed by atoms with van der Waals surface area (Å²) in [6.07, 6.45) is 0. The van der Waals surface area contributed by atoms with Crippen molar-refractivity contribution in [2.45, 2.75) is 13.8 Å². The van der Waals surface area contributed by atoms with Crippen LogP contribution in [0.4, 0.5) is 4.39 Å². The second kappa shape index (κ2) is 10.8. The highest BCUT2D eigenvalue weighted by Crippen LogP contribution is 1.76. The van der Waals surface area contributed by atoms with E-state index < -0.39 is 6.80 Å². The van der Waals surface area contributed by atoms with Gasteiger partial charge >= 0.3 is 0 Å². The molecule has 0 bridgehead atoms. The van der Waals surface area contributed by atoms with Crippen LogP contribution in [0.15, 0.2) is 0 Å². The van der Waals surface area contributed by atoms with Crippen molar-refractivity contribution in [3.63, 3.8) is 0 Å². The van der Waals surface area contributed by atoms with Gasteiger partial charge in [0.1, 0.15) is 6.80 Å². The zero-order valence-corrected chi connectivity index (χ0v) is 6.52. The Kier molecular flexibility index (Phi) is 13.9. The molecule has 2 N–H and O–H groups in total. The van der Waals surface area contributed by atoms with Gasteiger partial charge in [-0.25, -0.2) is 4.39 Å². The first-order valence-corrected chi connectivity index (χ1v) is 3.26. The lowest BCUT2D eigenvalue weighted by molar-refractivity contribution is 0.230. The molecule has 0 aromatic rings. The van der Waals surface area contributed by atoms with Crippen LogP contribution in [0.5, 0.6) is 0 Å². The van der Waals surface area contributed by atoms with Crippen LogP contribution in [0.1, 0.15) is 13.8 Å². The largest absolute Gasteiger partial charge is 0.329 e. The molecule has 0 saturated carbocycles. The van der Waals surface area contributed by atoms with E-state index in [1.807, 2.05) is 13.8 Å². The molecule has 0 aromatic heterocycles. The van der Waals surface area contributed by atoms with Crippen LogP contribution in [0, 0.1) is 0 Å². The molecule has 0 atom stereocenters. The number of alkyl halides is 1. The van der Waals surface area contributed by atoms with Crippen LogP contribution in [0.2, 0.25) is 0 Å². The molecule has 0 saturated heterocycles. The molecule has 58 valence electrons. The number of hydrogen-bond acceptors (Lipinski definition) is 2. The van der Waals surface area contributed by atoms with Crippen LogP contribution >= 0.6 is 0 Å². The fourth-order valence-corrected chi connectivity index (χ4v) is 0.280. The van der Waals surface area contributed by atoms with Crippen LogP contribution in [-0.2, 0) is 0 Å². The fraction of sp³-hybridized carbons (Fsp3) is 1.00. The Morgan fingerprint density at radius 3 is 2.00 bits per heavy atom. The number of likely N-dealkylation sites (N-methyl/N-ethyl adjacent to an activating group) is 1. The van der Waals surface area contributed by atoms with Gasteiger partial charge in [-0.1, -0.05) is 13.8 Å². The lowest BCUT2D eigenvalue weighted by Gasteiger charge is -2.07. The minimum absolute atomic E-state index is 0.406. The molecule has 2 nitrogen and oxygen atoms in total. The molecule has 0 rings (SSSR count). The summed E-state index contributed by atoms with van der Waals surface area (Å²) in [5.74, 6) is 0. The predicted molar refractivity (Wildman–Crippen MR) is 39.0 cm³/mol. The Hall–Kier alpha value is -0.150. The van der Waals surface area contributed by atoms with Gasteiger partial charge in [0.2, 0.25) is 0 Å². The van der Waals surface area contributed by atoms with E-state index in [9.17, 15) is 4.39 Å². The van der Waals surface area contributed by atoms with Gasteiger partial charge < -0.3 is 5.73 Å². The van der Waals surface area contributed by atoms with Gasteiger partial charge in [-0.15, -0.1) is 0 Å². The predicted octanol–water partition coefficient (Wildman–Crippen LogP) is 0.830. The third-order valence-corrected chi connectivity index (χ3v) is 0.715. The maximum Gasteiger partial charge on any atom is 0.142 e. The molecule has 0 radical (unpaired) electrons. The Morgan fingerprint density at radius 1 is 1.44 bits per heavy atom. The Labute approximate surface area is 56.8 Å². The average molecular weight is 136 g/mol. The molecular weight excluding hydrogens is 119 g/mol. The molecule has 0 unspecified atom stereocenters. The average Bonchev–Trinajstić information content (AvgIpc) is 1.93. The van der Waals surface area contributed by atoms with Crippen molar-refractivity contribution in [3.05, 3.63) is 0 Å². The second-order valence-electron chi connectivity index (χ2n) is 1.49. The highest BCUT2D eigenvalue weighted by Gasteiger charge is 1.89. The van der Waals surface area contributed by atoms with Crippen LogP contribution in [-0.4, -0.2) is 31.8 Å². The van der Waals surface area contributed by atoms with Crippen LogP contribution < -0.4 is 5.73 Å². The molecule has 0 aromatic carbocycles. The lowest BCUT2D eigenvalue weighted by Crippen LogP contribution is -2.24. The summed E-state index contributed by atoms with van der Waals surface area (Å²) in [7, 11) is 1.69. The van der Waals surface area contributed by atoms with Gasteiger partial charge in [0.25, 0.3) is 0 Å². The summed E-state index contributed by atoms with van der Waals surface area (Å²) in [4.78, 5) is 1.51. The van der Waals surface area contributed by atoms with E-state index in [1.54, 1.807) is 7.05 Å². The minimum atomic E-state index is -0.406. The molecule has 0 amide bonds.